The van der Waals surface area contributed by atoms with Gasteiger partial charge in [-0.25, -0.2) is 15.0 Å². The van der Waals surface area contributed by atoms with Crippen LogP contribution in [-0.4, -0.2) is 15.0 Å². The Kier molecular flexibility index (Phi) is 7.08. The van der Waals surface area contributed by atoms with Crippen LogP contribution >= 0.6 is 0 Å². The van der Waals surface area contributed by atoms with E-state index in [0.717, 1.165) is 16.7 Å². The van der Waals surface area contributed by atoms with Gasteiger partial charge in [-0.3, -0.25) is 0 Å². The third-order valence-corrected chi connectivity index (χ3v) is 11.4. The highest BCUT2D eigenvalue weighted by Crippen LogP contribution is 2.56. The topological polar surface area (TPSA) is 38.7 Å². The molecule has 55 heavy (non-hydrogen) atoms. The van der Waals surface area contributed by atoms with Crippen molar-refractivity contribution < 1.29 is 0 Å². The van der Waals surface area contributed by atoms with Crippen molar-refractivity contribution in [3.8, 4) is 45.3 Å². The highest BCUT2D eigenvalue weighted by Gasteiger charge is 2.46. The zero-order valence-electron chi connectivity index (χ0n) is 29.9. The maximum absolute atomic E-state index is 5.26. The fourth-order valence-corrected chi connectivity index (χ4v) is 8.99. The Morgan fingerprint density at radius 3 is 1.29 bits per heavy atom. The van der Waals surface area contributed by atoms with Gasteiger partial charge in [-0.15, -0.1) is 0 Å². The van der Waals surface area contributed by atoms with Gasteiger partial charge in [-0.05, 0) is 77.8 Å². The summed E-state index contributed by atoms with van der Waals surface area (Å²) in [5.74, 6) is 1.93. The van der Waals surface area contributed by atoms with Crippen molar-refractivity contribution in [3.05, 3.63) is 222 Å². The molecule has 9 aromatic carbocycles. The first-order valence-electron chi connectivity index (χ1n) is 18.8. The van der Waals surface area contributed by atoms with Crippen LogP contribution in [0.2, 0.25) is 0 Å². The fourth-order valence-electron chi connectivity index (χ4n) is 8.99. The molecule has 3 nitrogen and oxygen atoms in total. The van der Waals surface area contributed by atoms with Crippen molar-refractivity contribution in [2.24, 2.45) is 0 Å². The van der Waals surface area contributed by atoms with E-state index >= 15 is 0 Å². The molecular weight excluding hydrogens is 667 g/mol. The summed E-state index contributed by atoms with van der Waals surface area (Å²) in [5.41, 5.74) is 9.80. The number of benzene rings is 9. The molecule has 0 spiro atoms. The maximum Gasteiger partial charge on any atom is 0.164 e. The van der Waals surface area contributed by atoms with Crippen LogP contribution in [0.1, 0.15) is 22.3 Å². The zero-order chi connectivity index (χ0) is 36.3. The summed E-state index contributed by atoms with van der Waals surface area (Å²) in [4.78, 5) is 15.6. The molecule has 0 atom stereocenters. The van der Waals surface area contributed by atoms with Crippen LogP contribution in [0.4, 0.5) is 0 Å². The molecule has 0 N–H and O–H groups in total. The van der Waals surface area contributed by atoms with E-state index in [1.54, 1.807) is 0 Å². The molecule has 3 heteroatoms. The quantitative estimate of drug-likeness (QED) is 0.168. The smallest absolute Gasteiger partial charge is 0.164 e. The van der Waals surface area contributed by atoms with Crippen LogP contribution in [0.3, 0.4) is 0 Å². The summed E-state index contributed by atoms with van der Waals surface area (Å²) in [6.45, 7) is 0. The molecule has 1 aliphatic carbocycles. The van der Waals surface area contributed by atoms with Crippen molar-refractivity contribution in [1.29, 1.82) is 0 Å². The number of rotatable bonds is 5. The maximum atomic E-state index is 5.26. The van der Waals surface area contributed by atoms with Crippen molar-refractivity contribution in [2.75, 3.05) is 0 Å². The Balaban J connectivity index is 1.14. The molecule has 0 saturated carbocycles. The third-order valence-electron chi connectivity index (χ3n) is 11.4. The van der Waals surface area contributed by atoms with Crippen molar-refractivity contribution >= 4 is 32.3 Å². The number of hydrogen-bond donors (Lipinski definition) is 0. The van der Waals surface area contributed by atoms with Crippen molar-refractivity contribution in [3.63, 3.8) is 0 Å². The standard InChI is InChI=1S/C52H33N3/c1-4-16-34(17-5-1)49-53-50(35-28-30-43-41-24-11-10-22-39(41)40-23-12-13-25-42(40)45(43)32-35)55-51(54-49)36-29-31-48-46(33-36)44-26-14-15-27-47(44)52(48,37-18-6-2-7-19-37)38-20-8-3-9-21-38/h1-33H. The van der Waals surface area contributed by atoms with Gasteiger partial charge in [0.1, 0.15) is 0 Å². The summed E-state index contributed by atoms with van der Waals surface area (Å²) in [5, 5.41) is 7.35. The van der Waals surface area contributed by atoms with E-state index in [1.807, 2.05) is 18.2 Å². The molecule has 0 saturated heterocycles. The lowest BCUT2D eigenvalue weighted by molar-refractivity contribution is 0.768. The molecule has 0 radical (unpaired) electrons. The first-order chi connectivity index (χ1) is 27.3. The molecular formula is C52H33N3. The molecule has 0 unspecified atom stereocenters. The predicted octanol–water partition coefficient (Wildman–Crippen LogP) is 12.7. The van der Waals surface area contributed by atoms with E-state index in [1.165, 1.54) is 65.7 Å². The molecule has 0 amide bonds. The normalized spacial score (nSPS) is 12.9. The lowest BCUT2D eigenvalue weighted by Crippen LogP contribution is -2.28. The lowest BCUT2D eigenvalue weighted by Gasteiger charge is -2.33. The largest absolute Gasteiger partial charge is 0.208 e. The summed E-state index contributed by atoms with van der Waals surface area (Å²) >= 11 is 0. The van der Waals surface area contributed by atoms with Gasteiger partial charge in [0.05, 0.1) is 5.41 Å². The average molecular weight is 700 g/mol. The predicted molar refractivity (Wildman–Crippen MR) is 226 cm³/mol. The minimum atomic E-state index is -0.468. The molecule has 1 aliphatic rings. The Labute approximate surface area is 319 Å². The summed E-state index contributed by atoms with van der Waals surface area (Å²) in [7, 11) is 0. The average Bonchev–Trinajstić information content (AvgIpc) is 3.57. The zero-order valence-corrected chi connectivity index (χ0v) is 29.9. The first kappa shape index (κ1) is 31.3. The molecule has 0 fully saturated rings. The Hall–Kier alpha value is -7.23. The van der Waals surface area contributed by atoms with Crippen LogP contribution in [0, 0.1) is 0 Å². The highest BCUT2D eigenvalue weighted by molar-refractivity contribution is 6.25. The van der Waals surface area contributed by atoms with Crippen LogP contribution in [0.5, 0.6) is 0 Å². The van der Waals surface area contributed by atoms with Gasteiger partial charge in [0.25, 0.3) is 0 Å². The Morgan fingerprint density at radius 1 is 0.273 bits per heavy atom. The van der Waals surface area contributed by atoms with Gasteiger partial charge >= 0.3 is 0 Å². The van der Waals surface area contributed by atoms with Gasteiger partial charge in [0, 0.05) is 16.7 Å². The monoisotopic (exact) mass is 699 g/mol. The van der Waals surface area contributed by atoms with Gasteiger partial charge in [-0.2, -0.15) is 0 Å². The van der Waals surface area contributed by atoms with Crippen molar-refractivity contribution in [2.45, 2.75) is 5.41 Å². The summed E-state index contributed by atoms with van der Waals surface area (Å²) < 4.78 is 0. The Bertz CT molecular complexity index is 3010. The minimum Gasteiger partial charge on any atom is -0.208 e. The van der Waals surface area contributed by atoms with Gasteiger partial charge in [0.15, 0.2) is 17.5 Å². The van der Waals surface area contributed by atoms with Crippen LogP contribution < -0.4 is 0 Å². The molecule has 0 bridgehead atoms. The van der Waals surface area contributed by atoms with Gasteiger partial charge in [-0.1, -0.05) is 188 Å². The van der Waals surface area contributed by atoms with E-state index in [2.05, 4.69) is 182 Å². The highest BCUT2D eigenvalue weighted by atomic mass is 15.0. The number of hydrogen-bond acceptors (Lipinski definition) is 3. The molecule has 1 heterocycles. The van der Waals surface area contributed by atoms with E-state index in [4.69, 9.17) is 15.0 Å². The van der Waals surface area contributed by atoms with Crippen LogP contribution in [-0.2, 0) is 5.41 Å². The third kappa shape index (κ3) is 4.80. The van der Waals surface area contributed by atoms with E-state index in [0.29, 0.717) is 17.5 Å². The Morgan fingerprint density at radius 2 is 0.691 bits per heavy atom. The van der Waals surface area contributed by atoms with Crippen molar-refractivity contribution in [1.82, 2.24) is 15.0 Å². The van der Waals surface area contributed by atoms with Gasteiger partial charge < -0.3 is 0 Å². The number of fused-ring (bicyclic) bond motifs is 9. The lowest BCUT2D eigenvalue weighted by atomic mass is 9.67. The SMILES string of the molecule is c1ccc(-c2nc(-c3ccc4c(c3)-c3ccccc3C4(c3ccccc3)c3ccccc3)nc(-c3ccc4c5ccccc5c5ccccc5c4c3)n2)cc1. The molecule has 256 valence electrons. The molecule has 1 aromatic heterocycles. The van der Waals surface area contributed by atoms with E-state index in [-0.39, 0.29) is 0 Å². The van der Waals surface area contributed by atoms with Crippen LogP contribution in [0.15, 0.2) is 200 Å². The first-order valence-corrected chi connectivity index (χ1v) is 18.8. The number of aromatic nitrogens is 3. The van der Waals surface area contributed by atoms with Crippen LogP contribution in [0.25, 0.3) is 77.6 Å². The fraction of sp³-hybridized carbons (Fsp3) is 0.0192. The van der Waals surface area contributed by atoms with E-state index < -0.39 is 5.41 Å². The molecule has 10 aromatic rings. The second-order valence-electron chi connectivity index (χ2n) is 14.3. The second-order valence-corrected chi connectivity index (χ2v) is 14.3. The second kappa shape index (κ2) is 12.4. The minimum absolute atomic E-state index is 0.468. The molecule has 11 rings (SSSR count). The van der Waals surface area contributed by atoms with Gasteiger partial charge in [0.2, 0.25) is 0 Å². The summed E-state index contributed by atoms with van der Waals surface area (Å²) in [6, 6.07) is 71.6. The van der Waals surface area contributed by atoms with E-state index in [9.17, 15) is 0 Å². The number of nitrogens with zero attached hydrogens (tertiary/aromatic N) is 3. The molecule has 0 aliphatic heterocycles. The summed E-state index contributed by atoms with van der Waals surface area (Å²) in [6.07, 6.45) is 0.